The van der Waals surface area contributed by atoms with Crippen LogP contribution in [0.2, 0.25) is 0 Å². The highest BCUT2D eigenvalue weighted by atomic mass is 16.5. The molecule has 0 spiro atoms. The van der Waals surface area contributed by atoms with Crippen LogP contribution in [0.3, 0.4) is 0 Å². The van der Waals surface area contributed by atoms with E-state index >= 15 is 0 Å². The molecule has 1 saturated carbocycles. The standard InChI is InChI=1S/C20H33N3O/c1-20(2)14-17(21-3)13-18(20)24-12-5-4-8-16-10-9-15-7-6-11-22-19(15)23-16/h9-10,17-18,21H,4-8,11-14H2,1-3H3,(H,22,23). The van der Waals surface area contributed by atoms with Crippen molar-refractivity contribution >= 4 is 5.82 Å². The molecule has 0 saturated heterocycles. The van der Waals surface area contributed by atoms with Gasteiger partial charge in [-0.25, -0.2) is 4.98 Å². The molecule has 1 aliphatic heterocycles. The first-order valence-corrected chi connectivity index (χ1v) is 9.60. The van der Waals surface area contributed by atoms with Gasteiger partial charge in [0.15, 0.2) is 0 Å². The number of ether oxygens (including phenoxy) is 1. The number of unbranched alkanes of at least 4 members (excludes halogenated alkanes) is 1. The fraction of sp³-hybridized carbons (Fsp3) is 0.750. The van der Waals surface area contributed by atoms with Crippen LogP contribution in [0.4, 0.5) is 5.82 Å². The number of hydrogen-bond donors (Lipinski definition) is 2. The van der Waals surface area contributed by atoms with E-state index in [1.807, 2.05) is 0 Å². The minimum atomic E-state index is 0.291. The first kappa shape index (κ1) is 17.7. The van der Waals surface area contributed by atoms with E-state index in [1.165, 1.54) is 24.1 Å². The van der Waals surface area contributed by atoms with Gasteiger partial charge >= 0.3 is 0 Å². The molecule has 1 fully saturated rings. The lowest BCUT2D eigenvalue weighted by Crippen LogP contribution is -2.26. The largest absolute Gasteiger partial charge is 0.378 e. The van der Waals surface area contributed by atoms with Crippen LogP contribution < -0.4 is 10.6 Å². The van der Waals surface area contributed by atoms with Crippen molar-refractivity contribution in [3.05, 3.63) is 23.4 Å². The molecule has 3 rings (SSSR count). The average Bonchev–Trinajstić information content (AvgIpc) is 2.88. The summed E-state index contributed by atoms with van der Waals surface area (Å²) in [5, 5.41) is 6.82. The Hall–Kier alpha value is -1.13. The predicted octanol–water partition coefficient (Wildman–Crippen LogP) is 3.56. The van der Waals surface area contributed by atoms with Crippen molar-refractivity contribution in [2.75, 3.05) is 25.5 Å². The van der Waals surface area contributed by atoms with Gasteiger partial charge in [-0.3, -0.25) is 0 Å². The first-order chi connectivity index (χ1) is 11.6. The number of hydrogen-bond acceptors (Lipinski definition) is 4. The molecule has 2 heterocycles. The molecule has 1 aromatic heterocycles. The molecule has 0 aromatic carbocycles. The molecule has 2 unspecified atom stereocenters. The number of aromatic nitrogens is 1. The summed E-state index contributed by atoms with van der Waals surface area (Å²) in [5.74, 6) is 1.11. The van der Waals surface area contributed by atoms with Crippen LogP contribution in [-0.4, -0.2) is 37.3 Å². The van der Waals surface area contributed by atoms with Crippen LogP contribution in [0, 0.1) is 5.41 Å². The second-order valence-corrected chi connectivity index (χ2v) is 8.07. The van der Waals surface area contributed by atoms with Gasteiger partial charge in [-0.15, -0.1) is 0 Å². The van der Waals surface area contributed by atoms with Crippen LogP contribution in [0.25, 0.3) is 0 Å². The number of pyridine rings is 1. The smallest absolute Gasteiger partial charge is 0.129 e. The third kappa shape index (κ3) is 4.28. The molecule has 2 N–H and O–H groups in total. The van der Waals surface area contributed by atoms with Gasteiger partial charge in [0.2, 0.25) is 0 Å². The van der Waals surface area contributed by atoms with Crippen molar-refractivity contribution < 1.29 is 4.74 Å². The summed E-state index contributed by atoms with van der Waals surface area (Å²) in [4.78, 5) is 4.77. The summed E-state index contributed by atoms with van der Waals surface area (Å²) in [7, 11) is 2.06. The molecular formula is C20H33N3O. The number of rotatable bonds is 7. The van der Waals surface area contributed by atoms with E-state index in [2.05, 4.69) is 43.7 Å². The summed E-state index contributed by atoms with van der Waals surface area (Å²) in [6.07, 6.45) is 8.43. The second kappa shape index (κ2) is 7.83. The van der Waals surface area contributed by atoms with Crippen molar-refractivity contribution in [2.24, 2.45) is 5.41 Å². The number of aryl methyl sites for hydroxylation is 2. The van der Waals surface area contributed by atoms with E-state index in [-0.39, 0.29) is 0 Å². The third-order valence-corrected chi connectivity index (χ3v) is 5.65. The van der Waals surface area contributed by atoms with Gasteiger partial charge < -0.3 is 15.4 Å². The van der Waals surface area contributed by atoms with E-state index in [0.717, 1.165) is 51.1 Å². The fourth-order valence-electron chi connectivity index (χ4n) is 4.08. The van der Waals surface area contributed by atoms with Gasteiger partial charge in [-0.1, -0.05) is 19.9 Å². The van der Waals surface area contributed by atoms with Gasteiger partial charge in [0, 0.05) is 24.9 Å². The van der Waals surface area contributed by atoms with Gasteiger partial charge in [0.1, 0.15) is 5.82 Å². The second-order valence-electron chi connectivity index (χ2n) is 8.07. The monoisotopic (exact) mass is 331 g/mol. The number of nitrogens with one attached hydrogen (secondary N) is 2. The van der Waals surface area contributed by atoms with E-state index < -0.39 is 0 Å². The molecule has 4 nitrogen and oxygen atoms in total. The number of nitrogens with zero attached hydrogens (tertiary/aromatic N) is 1. The molecule has 1 aliphatic carbocycles. The molecule has 0 radical (unpaired) electrons. The maximum atomic E-state index is 6.21. The van der Waals surface area contributed by atoms with Crippen molar-refractivity contribution in [3.8, 4) is 0 Å². The van der Waals surface area contributed by atoms with Crippen LogP contribution >= 0.6 is 0 Å². The van der Waals surface area contributed by atoms with Crippen LogP contribution in [0.15, 0.2) is 12.1 Å². The van der Waals surface area contributed by atoms with E-state index in [9.17, 15) is 0 Å². The van der Waals surface area contributed by atoms with Crippen LogP contribution in [0.5, 0.6) is 0 Å². The number of anilines is 1. The first-order valence-electron chi connectivity index (χ1n) is 9.60. The highest BCUT2D eigenvalue weighted by Gasteiger charge is 2.40. The topological polar surface area (TPSA) is 46.2 Å². The normalized spacial score (nSPS) is 25.3. The Labute approximate surface area is 146 Å². The lowest BCUT2D eigenvalue weighted by atomic mass is 9.89. The zero-order valence-electron chi connectivity index (χ0n) is 15.5. The Kier molecular flexibility index (Phi) is 5.77. The highest BCUT2D eigenvalue weighted by Crippen LogP contribution is 2.39. The van der Waals surface area contributed by atoms with Crippen LogP contribution in [0.1, 0.15) is 57.2 Å². The van der Waals surface area contributed by atoms with E-state index in [4.69, 9.17) is 9.72 Å². The quantitative estimate of drug-likeness (QED) is 0.750. The maximum absolute atomic E-state index is 6.21. The van der Waals surface area contributed by atoms with Gasteiger partial charge in [0.25, 0.3) is 0 Å². The maximum Gasteiger partial charge on any atom is 0.129 e. The van der Waals surface area contributed by atoms with Crippen molar-refractivity contribution in [3.63, 3.8) is 0 Å². The molecular weight excluding hydrogens is 298 g/mol. The Bertz CT molecular complexity index is 544. The Morgan fingerprint density at radius 3 is 3.00 bits per heavy atom. The van der Waals surface area contributed by atoms with E-state index in [1.54, 1.807) is 0 Å². The van der Waals surface area contributed by atoms with Crippen molar-refractivity contribution in [1.82, 2.24) is 10.3 Å². The lowest BCUT2D eigenvalue weighted by Gasteiger charge is -2.26. The molecule has 1 aromatic rings. The van der Waals surface area contributed by atoms with Crippen molar-refractivity contribution in [2.45, 2.75) is 70.9 Å². The minimum Gasteiger partial charge on any atom is -0.378 e. The predicted molar refractivity (Wildman–Crippen MR) is 99.6 cm³/mol. The SMILES string of the molecule is CNC1CC(OCCCCc2ccc3c(n2)NCCC3)C(C)(C)C1. The lowest BCUT2D eigenvalue weighted by molar-refractivity contribution is -0.00721. The van der Waals surface area contributed by atoms with E-state index in [0.29, 0.717) is 17.6 Å². The molecule has 4 heteroatoms. The Morgan fingerprint density at radius 1 is 1.33 bits per heavy atom. The average molecular weight is 332 g/mol. The summed E-state index contributed by atoms with van der Waals surface area (Å²) >= 11 is 0. The zero-order chi connectivity index (χ0) is 17.0. The number of fused-ring (bicyclic) bond motifs is 1. The zero-order valence-corrected chi connectivity index (χ0v) is 15.5. The van der Waals surface area contributed by atoms with Gasteiger partial charge in [-0.05, 0) is 69.0 Å². The van der Waals surface area contributed by atoms with Gasteiger partial charge in [0.05, 0.1) is 6.10 Å². The molecule has 0 bridgehead atoms. The third-order valence-electron chi connectivity index (χ3n) is 5.65. The molecule has 24 heavy (non-hydrogen) atoms. The summed E-state index contributed by atoms with van der Waals surface area (Å²) in [6.45, 7) is 6.59. The van der Waals surface area contributed by atoms with Gasteiger partial charge in [-0.2, -0.15) is 0 Å². The molecule has 2 atom stereocenters. The Morgan fingerprint density at radius 2 is 2.21 bits per heavy atom. The Balaban J connectivity index is 1.38. The van der Waals surface area contributed by atoms with Crippen molar-refractivity contribution in [1.29, 1.82) is 0 Å². The fourth-order valence-corrected chi connectivity index (χ4v) is 4.08. The summed E-state index contributed by atoms with van der Waals surface area (Å²) in [6, 6.07) is 5.06. The summed E-state index contributed by atoms with van der Waals surface area (Å²) in [5.41, 5.74) is 2.87. The molecule has 134 valence electrons. The van der Waals surface area contributed by atoms with Crippen LogP contribution in [-0.2, 0) is 17.6 Å². The molecule has 0 amide bonds. The minimum absolute atomic E-state index is 0.291. The molecule has 2 aliphatic rings. The highest BCUT2D eigenvalue weighted by molar-refractivity contribution is 5.46. The summed E-state index contributed by atoms with van der Waals surface area (Å²) < 4.78 is 6.21.